The Morgan fingerprint density at radius 2 is 1.94 bits per heavy atom. The predicted octanol–water partition coefficient (Wildman–Crippen LogP) is 5.16. The van der Waals surface area contributed by atoms with Crippen molar-refractivity contribution >= 4 is 37.5 Å². The summed E-state index contributed by atoms with van der Waals surface area (Å²) in [6, 6.07) is 8.42. The Bertz CT molecular complexity index is 500. The molecule has 0 saturated heterocycles. The second-order valence-corrected chi connectivity index (χ2v) is 6.14. The van der Waals surface area contributed by atoms with E-state index in [1.807, 2.05) is 12.1 Å². The van der Waals surface area contributed by atoms with Crippen molar-refractivity contribution in [2.75, 3.05) is 5.32 Å². The first-order valence-electron chi connectivity index (χ1n) is 5.81. The Morgan fingerprint density at radius 3 is 2.50 bits per heavy atom. The monoisotopic (exact) mass is 371 g/mol. The molecule has 2 nitrogen and oxygen atoms in total. The molecule has 1 aromatic heterocycles. The van der Waals surface area contributed by atoms with Crippen molar-refractivity contribution in [3.63, 3.8) is 0 Å². The van der Waals surface area contributed by atoms with Gasteiger partial charge in [0.25, 0.3) is 0 Å². The van der Waals surface area contributed by atoms with Crippen LogP contribution in [0, 0.1) is 6.92 Å². The Labute approximate surface area is 124 Å². The molecule has 1 unspecified atom stereocenters. The predicted molar refractivity (Wildman–Crippen MR) is 82.1 cm³/mol. The first kappa shape index (κ1) is 13.7. The molecular formula is C14H15Br2NO. The summed E-state index contributed by atoms with van der Waals surface area (Å²) >= 11 is 7.18. The molecule has 0 aliphatic heterocycles. The van der Waals surface area contributed by atoms with E-state index in [0.717, 1.165) is 26.8 Å². The van der Waals surface area contributed by atoms with Gasteiger partial charge >= 0.3 is 0 Å². The van der Waals surface area contributed by atoms with Crippen LogP contribution in [0.3, 0.4) is 0 Å². The summed E-state index contributed by atoms with van der Waals surface area (Å²) < 4.78 is 7.50. The minimum atomic E-state index is 0.298. The van der Waals surface area contributed by atoms with Gasteiger partial charge in [0.1, 0.15) is 5.76 Å². The normalized spacial score (nSPS) is 12.4. The summed E-state index contributed by atoms with van der Waals surface area (Å²) in [6.45, 7) is 4.22. The number of nitrogens with one attached hydrogen (secondary N) is 1. The molecule has 18 heavy (non-hydrogen) atoms. The number of aryl methyl sites for hydroxylation is 1. The third kappa shape index (κ3) is 3.39. The molecule has 1 atom stereocenters. The fraction of sp³-hybridized carbons (Fsp3) is 0.286. The fourth-order valence-electron chi connectivity index (χ4n) is 1.87. The molecule has 0 spiro atoms. The van der Waals surface area contributed by atoms with E-state index in [0.29, 0.717) is 6.04 Å². The van der Waals surface area contributed by atoms with Gasteiger partial charge in [-0.3, -0.25) is 0 Å². The Morgan fingerprint density at radius 1 is 1.28 bits per heavy atom. The molecule has 4 heteroatoms. The lowest BCUT2D eigenvalue weighted by atomic mass is 10.1. The van der Waals surface area contributed by atoms with Gasteiger partial charge in [0.2, 0.25) is 0 Å². The minimum absolute atomic E-state index is 0.298. The van der Waals surface area contributed by atoms with Crippen molar-refractivity contribution in [1.29, 1.82) is 0 Å². The van der Waals surface area contributed by atoms with Crippen LogP contribution in [0.15, 0.2) is 43.9 Å². The van der Waals surface area contributed by atoms with Gasteiger partial charge in [0.05, 0.1) is 12.0 Å². The molecule has 0 aliphatic carbocycles. The SMILES string of the molecule is Cc1cc(Br)c(NC(C)Cc2ccco2)c(Br)c1. The number of furan rings is 1. The van der Waals surface area contributed by atoms with Gasteiger partial charge < -0.3 is 9.73 Å². The molecule has 0 saturated carbocycles. The molecule has 1 N–H and O–H groups in total. The van der Waals surface area contributed by atoms with Gasteiger partial charge in [-0.2, -0.15) is 0 Å². The first-order chi connectivity index (χ1) is 8.56. The number of halogens is 2. The van der Waals surface area contributed by atoms with Crippen molar-refractivity contribution < 1.29 is 4.42 Å². The summed E-state index contributed by atoms with van der Waals surface area (Å²) in [4.78, 5) is 0. The van der Waals surface area contributed by atoms with Crippen LogP contribution in [0.1, 0.15) is 18.2 Å². The lowest BCUT2D eigenvalue weighted by Gasteiger charge is -2.17. The van der Waals surface area contributed by atoms with Crippen LogP contribution >= 0.6 is 31.9 Å². The second-order valence-electron chi connectivity index (χ2n) is 4.43. The van der Waals surface area contributed by atoms with Crippen molar-refractivity contribution in [3.8, 4) is 0 Å². The topological polar surface area (TPSA) is 25.2 Å². The summed E-state index contributed by atoms with van der Waals surface area (Å²) in [6.07, 6.45) is 2.57. The summed E-state index contributed by atoms with van der Waals surface area (Å²) in [5.41, 5.74) is 2.30. The molecule has 2 rings (SSSR count). The molecular weight excluding hydrogens is 358 g/mol. The van der Waals surface area contributed by atoms with E-state index in [-0.39, 0.29) is 0 Å². The Hall–Kier alpha value is -0.740. The Kier molecular flexibility index (Phi) is 4.51. The van der Waals surface area contributed by atoms with Crippen LogP contribution in [0.25, 0.3) is 0 Å². The number of rotatable bonds is 4. The number of hydrogen-bond donors (Lipinski definition) is 1. The standard InChI is InChI=1S/C14H15Br2NO/c1-9-6-12(15)14(13(16)7-9)17-10(2)8-11-4-3-5-18-11/h3-7,10,17H,8H2,1-2H3. The van der Waals surface area contributed by atoms with Gasteiger partial charge in [-0.05, 0) is 75.5 Å². The molecule has 2 aromatic rings. The van der Waals surface area contributed by atoms with Crippen molar-refractivity contribution in [2.24, 2.45) is 0 Å². The van der Waals surface area contributed by atoms with Crippen molar-refractivity contribution in [3.05, 3.63) is 50.8 Å². The molecule has 0 aliphatic rings. The number of benzene rings is 1. The minimum Gasteiger partial charge on any atom is -0.469 e. The zero-order valence-electron chi connectivity index (χ0n) is 10.3. The second kappa shape index (κ2) is 5.93. The molecule has 96 valence electrons. The van der Waals surface area contributed by atoms with Gasteiger partial charge in [-0.15, -0.1) is 0 Å². The Balaban J connectivity index is 2.09. The van der Waals surface area contributed by atoms with Crippen LogP contribution in [-0.4, -0.2) is 6.04 Å². The first-order valence-corrected chi connectivity index (χ1v) is 7.39. The fourth-order valence-corrected chi connectivity index (χ4v) is 3.51. The molecule has 0 bridgehead atoms. The highest BCUT2D eigenvalue weighted by Crippen LogP contribution is 2.33. The summed E-state index contributed by atoms with van der Waals surface area (Å²) in [5, 5.41) is 3.49. The van der Waals surface area contributed by atoms with Crippen LogP contribution in [0.4, 0.5) is 5.69 Å². The van der Waals surface area contributed by atoms with Crippen LogP contribution in [0.2, 0.25) is 0 Å². The van der Waals surface area contributed by atoms with Gasteiger partial charge in [0.15, 0.2) is 0 Å². The maximum absolute atomic E-state index is 5.36. The highest BCUT2D eigenvalue weighted by molar-refractivity contribution is 9.11. The van der Waals surface area contributed by atoms with Gasteiger partial charge in [-0.1, -0.05) is 0 Å². The average molecular weight is 373 g/mol. The average Bonchev–Trinajstić information content (AvgIpc) is 2.76. The molecule has 1 aromatic carbocycles. The maximum Gasteiger partial charge on any atom is 0.105 e. The largest absolute Gasteiger partial charge is 0.469 e. The smallest absolute Gasteiger partial charge is 0.105 e. The van der Waals surface area contributed by atoms with Crippen molar-refractivity contribution in [2.45, 2.75) is 26.3 Å². The van der Waals surface area contributed by atoms with E-state index in [4.69, 9.17) is 4.42 Å². The van der Waals surface area contributed by atoms with E-state index in [2.05, 4.69) is 63.2 Å². The third-order valence-electron chi connectivity index (χ3n) is 2.66. The maximum atomic E-state index is 5.36. The summed E-state index contributed by atoms with van der Waals surface area (Å²) in [5.74, 6) is 0.995. The van der Waals surface area contributed by atoms with Gasteiger partial charge in [-0.25, -0.2) is 0 Å². The van der Waals surface area contributed by atoms with Crippen LogP contribution in [0.5, 0.6) is 0 Å². The molecule has 0 radical (unpaired) electrons. The van der Waals surface area contributed by atoms with E-state index in [9.17, 15) is 0 Å². The lowest BCUT2D eigenvalue weighted by molar-refractivity contribution is 0.497. The number of hydrogen-bond acceptors (Lipinski definition) is 2. The quantitative estimate of drug-likeness (QED) is 0.802. The van der Waals surface area contributed by atoms with E-state index < -0.39 is 0 Å². The lowest BCUT2D eigenvalue weighted by Crippen LogP contribution is -2.18. The molecule has 0 fully saturated rings. The van der Waals surface area contributed by atoms with Crippen LogP contribution < -0.4 is 5.32 Å². The van der Waals surface area contributed by atoms with E-state index in [1.165, 1.54) is 5.56 Å². The van der Waals surface area contributed by atoms with Crippen molar-refractivity contribution in [1.82, 2.24) is 0 Å². The van der Waals surface area contributed by atoms with Crippen LogP contribution in [-0.2, 0) is 6.42 Å². The zero-order valence-corrected chi connectivity index (χ0v) is 13.5. The summed E-state index contributed by atoms with van der Waals surface area (Å²) in [7, 11) is 0. The number of anilines is 1. The third-order valence-corrected chi connectivity index (χ3v) is 3.92. The highest BCUT2D eigenvalue weighted by atomic mass is 79.9. The van der Waals surface area contributed by atoms with E-state index in [1.54, 1.807) is 6.26 Å². The van der Waals surface area contributed by atoms with E-state index >= 15 is 0 Å². The molecule has 1 heterocycles. The highest BCUT2D eigenvalue weighted by Gasteiger charge is 2.11. The zero-order chi connectivity index (χ0) is 13.1. The van der Waals surface area contributed by atoms with Gasteiger partial charge in [0, 0.05) is 21.4 Å². The molecule has 0 amide bonds.